The minimum Gasteiger partial charge on any atom is -0.444 e. The molecule has 0 radical (unpaired) electrons. The average Bonchev–Trinajstić information content (AvgIpc) is 2.38. The van der Waals surface area contributed by atoms with Crippen molar-refractivity contribution in [3.05, 3.63) is 34.3 Å². The zero-order chi connectivity index (χ0) is 13.0. The molecule has 1 amide bonds. The molecule has 0 bridgehead atoms. The van der Waals surface area contributed by atoms with Gasteiger partial charge in [-0.25, -0.2) is 4.79 Å². The second-order valence-corrected chi connectivity index (χ2v) is 5.03. The quantitative estimate of drug-likeness (QED) is 0.843. The molecule has 0 aliphatic carbocycles. The SMILES string of the molecule is O=C1CCN(C(=O)OCc2ccccc2Br)CC1. The molecular weight excluding hydrogens is 298 g/mol. The molecule has 1 aliphatic heterocycles. The van der Waals surface area contributed by atoms with Crippen molar-refractivity contribution >= 4 is 27.8 Å². The molecule has 0 atom stereocenters. The van der Waals surface area contributed by atoms with Crippen LogP contribution in [0, 0.1) is 0 Å². The zero-order valence-corrected chi connectivity index (χ0v) is 11.5. The van der Waals surface area contributed by atoms with Crippen molar-refractivity contribution in [2.75, 3.05) is 13.1 Å². The molecule has 1 aromatic carbocycles. The summed E-state index contributed by atoms with van der Waals surface area (Å²) in [5.74, 6) is 0.213. The van der Waals surface area contributed by atoms with E-state index >= 15 is 0 Å². The molecule has 1 heterocycles. The maximum absolute atomic E-state index is 11.8. The number of Topliss-reactive ketones (excluding diaryl/α,β-unsaturated/α-hetero) is 1. The van der Waals surface area contributed by atoms with Crippen LogP contribution in [-0.4, -0.2) is 29.9 Å². The first kappa shape index (κ1) is 13.1. The number of halogens is 1. The first-order valence-electron chi connectivity index (χ1n) is 5.83. The Morgan fingerprint density at radius 2 is 1.94 bits per heavy atom. The smallest absolute Gasteiger partial charge is 0.410 e. The lowest BCUT2D eigenvalue weighted by molar-refractivity contribution is -0.121. The number of carbonyl (C=O) groups excluding carboxylic acids is 2. The predicted molar refractivity (Wildman–Crippen MR) is 70.1 cm³/mol. The van der Waals surface area contributed by atoms with Gasteiger partial charge < -0.3 is 9.64 Å². The van der Waals surface area contributed by atoms with Crippen LogP contribution in [0.2, 0.25) is 0 Å². The summed E-state index contributed by atoms with van der Waals surface area (Å²) in [5, 5.41) is 0. The molecule has 0 saturated carbocycles. The van der Waals surface area contributed by atoms with Gasteiger partial charge in [-0.3, -0.25) is 4.79 Å². The number of ether oxygens (including phenoxy) is 1. The fourth-order valence-corrected chi connectivity index (χ4v) is 2.18. The van der Waals surface area contributed by atoms with Crippen molar-refractivity contribution in [1.82, 2.24) is 4.90 Å². The lowest BCUT2D eigenvalue weighted by atomic mass is 10.1. The highest BCUT2D eigenvalue weighted by Gasteiger charge is 2.21. The van der Waals surface area contributed by atoms with Crippen LogP contribution < -0.4 is 0 Å². The van der Waals surface area contributed by atoms with Gasteiger partial charge in [0.25, 0.3) is 0 Å². The predicted octanol–water partition coefficient (Wildman–Crippen LogP) is 2.75. The Balaban J connectivity index is 1.85. The van der Waals surface area contributed by atoms with Crippen molar-refractivity contribution in [2.24, 2.45) is 0 Å². The second kappa shape index (κ2) is 6.00. The number of ketones is 1. The van der Waals surface area contributed by atoms with Gasteiger partial charge in [0.05, 0.1) is 0 Å². The van der Waals surface area contributed by atoms with Gasteiger partial charge in [-0.1, -0.05) is 34.1 Å². The van der Waals surface area contributed by atoms with Crippen molar-refractivity contribution < 1.29 is 14.3 Å². The van der Waals surface area contributed by atoms with E-state index in [1.54, 1.807) is 4.90 Å². The molecule has 1 saturated heterocycles. The number of amides is 1. The largest absolute Gasteiger partial charge is 0.444 e. The summed E-state index contributed by atoms with van der Waals surface area (Å²) in [6.45, 7) is 1.17. The van der Waals surface area contributed by atoms with E-state index in [4.69, 9.17) is 4.74 Å². The summed E-state index contributed by atoms with van der Waals surface area (Å²) >= 11 is 3.40. The van der Waals surface area contributed by atoms with Crippen molar-refractivity contribution in [3.8, 4) is 0 Å². The van der Waals surface area contributed by atoms with Gasteiger partial charge in [-0.05, 0) is 6.07 Å². The molecular formula is C13H14BrNO3. The monoisotopic (exact) mass is 311 g/mol. The zero-order valence-electron chi connectivity index (χ0n) is 9.89. The van der Waals surface area contributed by atoms with Gasteiger partial charge >= 0.3 is 6.09 Å². The Morgan fingerprint density at radius 1 is 1.28 bits per heavy atom. The van der Waals surface area contributed by atoms with Crippen molar-refractivity contribution in [3.63, 3.8) is 0 Å². The van der Waals surface area contributed by atoms with Gasteiger partial charge in [-0.2, -0.15) is 0 Å². The number of benzene rings is 1. The van der Waals surface area contributed by atoms with Crippen LogP contribution in [-0.2, 0) is 16.1 Å². The summed E-state index contributed by atoms with van der Waals surface area (Å²) in [6, 6.07) is 7.61. The minimum atomic E-state index is -0.349. The molecule has 0 aromatic heterocycles. The van der Waals surface area contributed by atoms with Crippen LogP contribution in [0.1, 0.15) is 18.4 Å². The maximum Gasteiger partial charge on any atom is 0.410 e. The molecule has 2 rings (SSSR count). The number of hydrogen-bond donors (Lipinski definition) is 0. The van der Waals surface area contributed by atoms with E-state index in [1.807, 2.05) is 24.3 Å². The minimum absolute atomic E-state index is 0.213. The van der Waals surface area contributed by atoms with E-state index in [-0.39, 0.29) is 18.5 Å². The van der Waals surface area contributed by atoms with E-state index in [1.165, 1.54) is 0 Å². The number of carbonyl (C=O) groups is 2. The Hall–Kier alpha value is -1.36. The number of piperidine rings is 1. The number of nitrogens with zero attached hydrogens (tertiary/aromatic N) is 1. The van der Waals surface area contributed by atoms with Gasteiger partial charge in [0.15, 0.2) is 0 Å². The molecule has 5 heteroatoms. The number of likely N-dealkylation sites (tertiary alicyclic amines) is 1. The highest BCUT2D eigenvalue weighted by Crippen LogP contribution is 2.17. The third kappa shape index (κ3) is 3.32. The molecule has 18 heavy (non-hydrogen) atoms. The van der Waals surface area contributed by atoms with E-state index in [0.29, 0.717) is 25.9 Å². The van der Waals surface area contributed by atoms with Crippen LogP contribution in [0.25, 0.3) is 0 Å². The molecule has 4 nitrogen and oxygen atoms in total. The third-order valence-electron chi connectivity index (χ3n) is 2.89. The maximum atomic E-state index is 11.8. The summed E-state index contributed by atoms with van der Waals surface area (Å²) in [6.07, 6.45) is 0.520. The fourth-order valence-electron chi connectivity index (χ4n) is 1.78. The lowest BCUT2D eigenvalue weighted by Gasteiger charge is -2.25. The van der Waals surface area contributed by atoms with E-state index in [0.717, 1.165) is 10.0 Å². The summed E-state index contributed by atoms with van der Waals surface area (Å²) < 4.78 is 6.15. The Bertz CT molecular complexity index is 451. The van der Waals surface area contributed by atoms with Crippen LogP contribution >= 0.6 is 15.9 Å². The Morgan fingerprint density at radius 3 is 2.61 bits per heavy atom. The molecule has 1 aromatic rings. The molecule has 96 valence electrons. The Labute approximate surface area is 114 Å². The molecule has 0 unspecified atom stereocenters. The van der Waals surface area contributed by atoms with E-state index in [2.05, 4.69) is 15.9 Å². The Kier molecular flexibility index (Phi) is 4.36. The lowest BCUT2D eigenvalue weighted by Crippen LogP contribution is -2.38. The number of rotatable bonds is 2. The van der Waals surface area contributed by atoms with Gasteiger partial charge in [-0.15, -0.1) is 0 Å². The van der Waals surface area contributed by atoms with Crippen LogP contribution in [0.3, 0.4) is 0 Å². The molecule has 0 spiro atoms. The first-order chi connectivity index (χ1) is 8.66. The highest BCUT2D eigenvalue weighted by molar-refractivity contribution is 9.10. The van der Waals surface area contributed by atoms with Crippen LogP contribution in [0.4, 0.5) is 4.79 Å². The summed E-state index contributed by atoms with van der Waals surface area (Å²) in [5.41, 5.74) is 0.930. The molecule has 1 aliphatic rings. The van der Waals surface area contributed by atoms with Crippen molar-refractivity contribution in [2.45, 2.75) is 19.4 Å². The number of hydrogen-bond acceptors (Lipinski definition) is 3. The van der Waals surface area contributed by atoms with Gasteiger partial charge in [0, 0.05) is 36.0 Å². The second-order valence-electron chi connectivity index (χ2n) is 4.17. The topological polar surface area (TPSA) is 46.6 Å². The molecule has 1 fully saturated rings. The first-order valence-corrected chi connectivity index (χ1v) is 6.63. The van der Waals surface area contributed by atoms with Gasteiger partial charge in [0.1, 0.15) is 12.4 Å². The van der Waals surface area contributed by atoms with Crippen LogP contribution in [0.5, 0.6) is 0 Å². The third-order valence-corrected chi connectivity index (χ3v) is 3.66. The van der Waals surface area contributed by atoms with Crippen molar-refractivity contribution in [1.29, 1.82) is 0 Å². The van der Waals surface area contributed by atoms with Crippen LogP contribution in [0.15, 0.2) is 28.7 Å². The standard InChI is InChI=1S/C13H14BrNO3/c14-12-4-2-1-3-10(12)9-18-13(17)15-7-5-11(16)6-8-15/h1-4H,5-9H2. The van der Waals surface area contributed by atoms with E-state index in [9.17, 15) is 9.59 Å². The normalized spacial score (nSPS) is 15.6. The summed E-state index contributed by atoms with van der Waals surface area (Å²) in [4.78, 5) is 24.4. The highest BCUT2D eigenvalue weighted by atomic mass is 79.9. The average molecular weight is 312 g/mol. The molecule has 0 N–H and O–H groups in total. The fraction of sp³-hybridized carbons (Fsp3) is 0.385. The van der Waals surface area contributed by atoms with Gasteiger partial charge in [0.2, 0.25) is 0 Å². The van der Waals surface area contributed by atoms with E-state index < -0.39 is 0 Å². The summed E-state index contributed by atoms with van der Waals surface area (Å²) in [7, 11) is 0.